The Labute approximate surface area is 83.4 Å². The summed E-state index contributed by atoms with van der Waals surface area (Å²) in [5.41, 5.74) is 9.27. The van der Waals surface area contributed by atoms with Gasteiger partial charge in [-0.1, -0.05) is 0 Å². The molecule has 1 rings (SSSR count). The Balaban J connectivity index is 2.79. The zero-order chi connectivity index (χ0) is 10.4. The Bertz CT molecular complexity index is 312. The fraction of sp³-hybridized carbons (Fsp3) is 0.500. The van der Waals surface area contributed by atoms with E-state index in [9.17, 15) is 0 Å². The molecule has 0 atom stereocenters. The molecule has 76 valence electrons. The van der Waals surface area contributed by atoms with Crippen LogP contribution in [0.1, 0.15) is 20.3 Å². The van der Waals surface area contributed by atoms with Crippen molar-refractivity contribution in [1.82, 2.24) is 0 Å². The summed E-state index contributed by atoms with van der Waals surface area (Å²) in [4.78, 5) is 3.18. The summed E-state index contributed by atoms with van der Waals surface area (Å²) in [7, 11) is 0. The van der Waals surface area contributed by atoms with Crippen LogP contribution < -0.4 is 0 Å². The maximum Gasteiger partial charge on any atom is 0.340 e. The first kappa shape index (κ1) is 10.5. The first-order valence-corrected chi connectivity index (χ1v) is 4.69. The van der Waals surface area contributed by atoms with Crippen molar-refractivity contribution in [3.05, 3.63) is 29.2 Å². The lowest BCUT2D eigenvalue weighted by molar-refractivity contribution is -0.0133. The fourth-order valence-electron chi connectivity index (χ4n) is 1.23. The number of hydrogen-bond donors (Lipinski definition) is 0. The van der Waals surface area contributed by atoms with Gasteiger partial charge in [0, 0.05) is 0 Å². The van der Waals surface area contributed by atoms with Gasteiger partial charge in [0.15, 0.2) is 0 Å². The highest BCUT2D eigenvalue weighted by atomic mass is 16.5. The van der Waals surface area contributed by atoms with Crippen molar-refractivity contribution in [2.75, 3.05) is 13.2 Å². The predicted molar refractivity (Wildman–Crippen MR) is 52.7 cm³/mol. The molecule has 0 aromatic heterocycles. The minimum absolute atomic E-state index is 0.482. The zero-order valence-corrected chi connectivity index (χ0v) is 8.49. The summed E-state index contributed by atoms with van der Waals surface area (Å²) in [5.74, 6) is 1.40. The van der Waals surface area contributed by atoms with Gasteiger partial charge in [-0.15, -0.1) is 0 Å². The number of allylic oxidation sites excluding steroid dienone is 4. The van der Waals surface area contributed by atoms with Crippen molar-refractivity contribution < 1.29 is 14.3 Å². The second kappa shape index (κ2) is 5.25. The van der Waals surface area contributed by atoms with E-state index in [0.29, 0.717) is 31.1 Å². The van der Waals surface area contributed by atoms with Crippen LogP contribution in [0.15, 0.2) is 23.7 Å². The zero-order valence-electron chi connectivity index (χ0n) is 8.49. The molecule has 1 aliphatic carbocycles. The van der Waals surface area contributed by atoms with Gasteiger partial charge in [-0.2, -0.15) is 4.79 Å². The number of nitrogens with zero attached hydrogens (tertiary/aromatic N) is 2. The fourth-order valence-corrected chi connectivity index (χ4v) is 1.23. The number of rotatable bonds is 4. The minimum Gasteiger partial charge on any atom is -0.498 e. The first-order valence-electron chi connectivity index (χ1n) is 4.69. The summed E-state index contributed by atoms with van der Waals surface area (Å²) >= 11 is 0. The van der Waals surface area contributed by atoms with Crippen LogP contribution in [0.25, 0.3) is 5.53 Å². The second-order valence-corrected chi connectivity index (χ2v) is 2.75. The van der Waals surface area contributed by atoms with Gasteiger partial charge in [-0.3, -0.25) is 0 Å². The molecule has 0 saturated heterocycles. The quantitative estimate of drug-likeness (QED) is 0.507. The van der Waals surface area contributed by atoms with Crippen LogP contribution in [0.4, 0.5) is 0 Å². The number of hydrogen-bond acceptors (Lipinski definition) is 2. The van der Waals surface area contributed by atoms with E-state index in [1.54, 1.807) is 6.08 Å². The molecule has 0 N–H and O–H groups in total. The SMILES string of the molecule is CCOC1=CC=C(OCC)C(=[N+]=[N-])C1. The summed E-state index contributed by atoms with van der Waals surface area (Å²) < 4.78 is 10.6. The lowest BCUT2D eigenvalue weighted by Crippen LogP contribution is -2.13. The molecule has 0 aliphatic heterocycles. The molecule has 0 radical (unpaired) electrons. The van der Waals surface area contributed by atoms with Gasteiger partial charge in [0.25, 0.3) is 0 Å². The highest BCUT2D eigenvalue weighted by molar-refractivity contribution is 5.96. The molecule has 14 heavy (non-hydrogen) atoms. The lowest BCUT2D eigenvalue weighted by atomic mass is 10.1. The maximum atomic E-state index is 8.76. The molecule has 0 aromatic carbocycles. The van der Waals surface area contributed by atoms with Gasteiger partial charge in [-0.05, 0) is 26.0 Å². The van der Waals surface area contributed by atoms with E-state index in [4.69, 9.17) is 15.0 Å². The van der Waals surface area contributed by atoms with Crippen LogP contribution >= 0.6 is 0 Å². The van der Waals surface area contributed by atoms with Crippen LogP contribution in [-0.4, -0.2) is 23.7 Å². The molecule has 0 bridgehead atoms. The molecule has 0 unspecified atom stereocenters. The molecule has 0 fully saturated rings. The van der Waals surface area contributed by atoms with Gasteiger partial charge in [0.05, 0.1) is 13.2 Å². The smallest absolute Gasteiger partial charge is 0.340 e. The van der Waals surface area contributed by atoms with Crippen LogP contribution in [0.2, 0.25) is 0 Å². The molecule has 4 nitrogen and oxygen atoms in total. The molecule has 0 heterocycles. The average molecular weight is 194 g/mol. The molecule has 0 spiro atoms. The third-order valence-electron chi connectivity index (χ3n) is 1.80. The van der Waals surface area contributed by atoms with E-state index in [1.807, 2.05) is 19.9 Å². The van der Waals surface area contributed by atoms with Gasteiger partial charge >= 0.3 is 5.71 Å². The maximum absolute atomic E-state index is 8.76. The Hall–Kier alpha value is -1.54. The normalized spacial score (nSPS) is 15.4. The van der Waals surface area contributed by atoms with Crippen molar-refractivity contribution in [2.24, 2.45) is 0 Å². The third kappa shape index (κ3) is 2.47. The van der Waals surface area contributed by atoms with Crippen molar-refractivity contribution in [2.45, 2.75) is 20.3 Å². The van der Waals surface area contributed by atoms with Gasteiger partial charge in [-0.25, -0.2) is 0 Å². The Kier molecular flexibility index (Phi) is 3.95. The first-order chi connectivity index (χ1) is 6.81. The van der Waals surface area contributed by atoms with Crippen molar-refractivity contribution in [1.29, 1.82) is 0 Å². The van der Waals surface area contributed by atoms with Gasteiger partial charge in [0.1, 0.15) is 12.2 Å². The summed E-state index contributed by atoms with van der Waals surface area (Å²) in [6.07, 6.45) is 4.08. The van der Waals surface area contributed by atoms with E-state index < -0.39 is 0 Å². The average Bonchev–Trinajstić information content (AvgIpc) is 2.21. The van der Waals surface area contributed by atoms with Crippen LogP contribution in [-0.2, 0) is 9.47 Å². The Morgan fingerprint density at radius 2 is 2.00 bits per heavy atom. The second-order valence-electron chi connectivity index (χ2n) is 2.75. The van der Waals surface area contributed by atoms with Gasteiger partial charge < -0.3 is 15.0 Å². The van der Waals surface area contributed by atoms with Gasteiger partial charge in [0.2, 0.25) is 5.76 Å². The molecule has 1 aliphatic rings. The monoisotopic (exact) mass is 194 g/mol. The summed E-state index contributed by atoms with van der Waals surface area (Å²) in [6.45, 7) is 4.97. The Morgan fingerprint density at radius 1 is 1.29 bits per heavy atom. The molecular weight excluding hydrogens is 180 g/mol. The Morgan fingerprint density at radius 3 is 2.57 bits per heavy atom. The third-order valence-corrected chi connectivity index (χ3v) is 1.80. The number of ether oxygens (including phenoxy) is 2. The van der Waals surface area contributed by atoms with Crippen LogP contribution in [0.3, 0.4) is 0 Å². The van der Waals surface area contributed by atoms with E-state index in [1.165, 1.54) is 0 Å². The van der Waals surface area contributed by atoms with Crippen molar-refractivity contribution in [3.63, 3.8) is 0 Å². The van der Waals surface area contributed by atoms with Crippen molar-refractivity contribution >= 4 is 5.71 Å². The lowest BCUT2D eigenvalue weighted by Gasteiger charge is -2.11. The van der Waals surface area contributed by atoms with E-state index in [0.717, 1.165) is 5.76 Å². The van der Waals surface area contributed by atoms with Crippen molar-refractivity contribution in [3.8, 4) is 0 Å². The van der Waals surface area contributed by atoms with Crippen LogP contribution in [0, 0.1) is 0 Å². The predicted octanol–water partition coefficient (Wildman–Crippen LogP) is 1.90. The minimum atomic E-state index is 0.482. The van der Waals surface area contributed by atoms with E-state index >= 15 is 0 Å². The molecular formula is C10H14N2O2. The van der Waals surface area contributed by atoms with Crippen LogP contribution in [0.5, 0.6) is 0 Å². The highest BCUT2D eigenvalue weighted by Gasteiger charge is 2.22. The largest absolute Gasteiger partial charge is 0.498 e. The summed E-state index contributed by atoms with van der Waals surface area (Å²) in [5, 5.41) is 0. The summed E-state index contributed by atoms with van der Waals surface area (Å²) in [6, 6.07) is 0. The molecule has 4 heteroatoms. The molecule has 0 amide bonds. The molecule has 0 aromatic rings. The topological polar surface area (TPSA) is 54.9 Å². The van der Waals surface area contributed by atoms with E-state index in [-0.39, 0.29) is 0 Å². The van der Waals surface area contributed by atoms with E-state index in [2.05, 4.69) is 4.79 Å². The molecule has 0 saturated carbocycles. The standard InChI is InChI=1S/C10H14N2O2/c1-3-13-8-5-6-10(14-4-2)9(7-8)12-11/h5-6H,3-4,7H2,1-2H3. The highest BCUT2D eigenvalue weighted by Crippen LogP contribution is 2.16.